The first-order valence-electron chi connectivity index (χ1n) is 5.15. The molecule has 0 aromatic heterocycles. The summed E-state index contributed by atoms with van der Waals surface area (Å²) in [5.41, 5.74) is 1.15. The maximum atomic E-state index is 5.82. The predicted molar refractivity (Wildman–Crippen MR) is 64.0 cm³/mol. The lowest BCUT2D eigenvalue weighted by molar-refractivity contribution is 0.511. The van der Waals surface area contributed by atoms with Crippen molar-refractivity contribution in [1.82, 2.24) is 0 Å². The third-order valence-corrected chi connectivity index (χ3v) is 2.69. The molecular formula is C12H18ClN. The van der Waals surface area contributed by atoms with Crippen molar-refractivity contribution < 1.29 is 0 Å². The Hall–Kier alpha value is -0.690. The summed E-state index contributed by atoms with van der Waals surface area (Å²) < 4.78 is 0. The molecule has 0 aliphatic rings. The highest BCUT2D eigenvalue weighted by molar-refractivity contribution is 6.30. The number of anilines is 1. The van der Waals surface area contributed by atoms with Crippen molar-refractivity contribution in [2.24, 2.45) is 5.92 Å². The second kappa shape index (κ2) is 5.26. The average Bonchev–Trinajstić information content (AvgIpc) is 2.16. The number of hydrogen-bond acceptors (Lipinski definition) is 1. The van der Waals surface area contributed by atoms with Crippen molar-refractivity contribution in [2.75, 3.05) is 5.32 Å². The Morgan fingerprint density at radius 2 is 1.79 bits per heavy atom. The van der Waals surface area contributed by atoms with Gasteiger partial charge in [0, 0.05) is 16.8 Å². The average molecular weight is 212 g/mol. The van der Waals surface area contributed by atoms with Gasteiger partial charge in [-0.3, -0.25) is 0 Å². The molecule has 1 aromatic rings. The Morgan fingerprint density at radius 3 is 2.21 bits per heavy atom. The van der Waals surface area contributed by atoms with Crippen LogP contribution in [0.4, 0.5) is 5.69 Å². The Balaban J connectivity index is 2.63. The van der Waals surface area contributed by atoms with Crippen molar-refractivity contribution in [3.63, 3.8) is 0 Å². The Bertz CT molecular complexity index is 266. The molecule has 0 amide bonds. The van der Waals surface area contributed by atoms with Gasteiger partial charge in [-0.15, -0.1) is 0 Å². The number of hydrogen-bond donors (Lipinski definition) is 1. The van der Waals surface area contributed by atoms with Crippen LogP contribution in [0.3, 0.4) is 0 Å². The summed E-state index contributed by atoms with van der Waals surface area (Å²) >= 11 is 5.82. The van der Waals surface area contributed by atoms with Gasteiger partial charge in [0.05, 0.1) is 0 Å². The molecule has 0 saturated heterocycles. The third-order valence-electron chi connectivity index (χ3n) is 2.44. The van der Waals surface area contributed by atoms with Crippen molar-refractivity contribution in [3.8, 4) is 0 Å². The number of halogens is 1. The van der Waals surface area contributed by atoms with E-state index in [1.807, 2.05) is 24.3 Å². The fourth-order valence-electron chi connectivity index (χ4n) is 1.50. The maximum Gasteiger partial charge on any atom is 0.0407 e. The van der Waals surface area contributed by atoms with Gasteiger partial charge in [0.2, 0.25) is 0 Å². The molecule has 14 heavy (non-hydrogen) atoms. The molecule has 1 atom stereocenters. The van der Waals surface area contributed by atoms with Crippen LogP contribution >= 0.6 is 11.6 Å². The lowest BCUT2D eigenvalue weighted by Crippen LogP contribution is -2.24. The largest absolute Gasteiger partial charge is 0.382 e. The molecule has 0 heterocycles. The highest BCUT2D eigenvalue weighted by Gasteiger charge is 2.09. The van der Waals surface area contributed by atoms with Gasteiger partial charge < -0.3 is 5.32 Å². The second-order valence-corrected chi connectivity index (χ2v) is 4.35. The third kappa shape index (κ3) is 3.22. The topological polar surface area (TPSA) is 12.0 Å². The van der Waals surface area contributed by atoms with E-state index in [9.17, 15) is 0 Å². The van der Waals surface area contributed by atoms with Crippen LogP contribution in [0.15, 0.2) is 24.3 Å². The van der Waals surface area contributed by atoms with Gasteiger partial charge in [0.25, 0.3) is 0 Å². The summed E-state index contributed by atoms with van der Waals surface area (Å²) in [5.74, 6) is 0.649. The monoisotopic (exact) mass is 211 g/mol. The summed E-state index contributed by atoms with van der Waals surface area (Å²) in [5, 5.41) is 4.28. The molecule has 1 unspecified atom stereocenters. The van der Waals surface area contributed by atoms with E-state index in [2.05, 4.69) is 26.1 Å². The van der Waals surface area contributed by atoms with E-state index in [1.54, 1.807) is 0 Å². The van der Waals surface area contributed by atoms with E-state index in [0.29, 0.717) is 12.0 Å². The van der Waals surface area contributed by atoms with E-state index < -0.39 is 0 Å². The molecule has 1 rings (SSSR count). The fraction of sp³-hybridized carbons (Fsp3) is 0.500. The van der Waals surface area contributed by atoms with E-state index >= 15 is 0 Å². The van der Waals surface area contributed by atoms with E-state index in [0.717, 1.165) is 17.1 Å². The van der Waals surface area contributed by atoms with Gasteiger partial charge in [-0.25, -0.2) is 0 Å². The minimum absolute atomic E-state index is 0.538. The number of rotatable bonds is 4. The van der Waals surface area contributed by atoms with Gasteiger partial charge in [0.15, 0.2) is 0 Å². The van der Waals surface area contributed by atoms with Crippen LogP contribution in [0.5, 0.6) is 0 Å². The molecule has 0 spiro atoms. The molecule has 2 heteroatoms. The standard InChI is InChI=1S/C12H18ClN/c1-4-12(9(2)3)14-11-7-5-10(13)6-8-11/h5-9,12,14H,4H2,1-3H3. The molecule has 0 radical (unpaired) electrons. The van der Waals surface area contributed by atoms with Crippen molar-refractivity contribution in [3.05, 3.63) is 29.3 Å². The van der Waals surface area contributed by atoms with Crippen molar-refractivity contribution >= 4 is 17.3 Å². The second-order valence-electron chi connectivity index (χ2n) is 3.91. The maximum absolute atomic E-state index is 5.82. The summed E-state index contributed by atoms with van der Waals surface area (Å²) in [7, 11) is 0. The zero-order valence-corrected chi connectivity index (χ0v) is 9.81. The smallest absolute Gasteiger partial charge is 0.0407 e. The van der Waals surface area contributed by atoms with Crippen LogP contribution in [0, 0.1) is 5.92 Å². The quantitative estimate of drug-likeness (QED) is 0.788. The van der Waals surface area contributed by atoms with Crippen molar-refractivity contribution in [2.45, 2.75) is 33.2 Å². The first-order chi connectivity index (χ1) is 6.63. The summed E-state index contributed by atoms with van der Waals surface area (Å²) in [6, 6.07) is 8.41. The van der Waals surface area contributed by atoms with E-state index in [1.165, 1.54) is 0 Å². The summed E-state index contributed by atoms with van der Waals surface area (Å²) in [6.07, 6.45) is 1.14. The zero-order valence-electron chi connectivity index (χ0n) is 9.05. The molecule has 0 aliphatic carbocycles. The first-order valence-corrected chi connectivity index (χ1v) is 5.53. The van der Waals surface area contributed by atoms with Gasteiger partial charge in [-0.05, 0) is 36.6 Å². The highest BCUT2D eigenvalue weighted by Crippen LogP contribution is 2.17. The lowest BCUT2D eigenvalue weighted by atomic mass is 10.0. The fourth-order valence-corrected chi connectivity index (χ4v) is 1.63. The minimum atomic E-state index is 0.538. The summed E-state index contributed by atoms with van der Waals surface area (Å²) in [6.45, 7) is 6.67. The Labute approximate surface area is 91.5 Å². The molecule has 1 aromatic carbocycles. The van der Waals surface area contributed by atoms with Crippen LogP contribution in [0.25, 0.3) is 0 Å². The molecule has 0 bridgehead atoms. The van der Waals surface area contributed by atoms with Crippen molar-refractivity contribution in [1.29, 1.82) is 0 Å². The molecule has 0 saturated carbocycles. The number of nitrogens with one attached hydrogen (secondary N) is 1. The molecule has 0 aliphatic heterocycles. The number of benzene rings is 1. The molecule has 78 valence electrons. The van der Waals surface area contributed by atoms with Gasteiger partial charge in [0.1, 0.15) is 0 Å². The van der Waals surface area contributed by atoms with Gasteiger partial charge in [-0.1, -0.05) is 32.4 Å². The van der Waals surface area contributed by atoms with Crippen LogP contribution in [-0.2, 0) is 0 Å². The molecule has 0 fully saturated rings. The Kier molecular flexibility index (Phi) is 4.27. The van der Waals surface area contributed by atoms with Crippen LogP contribution < -0.4 is 5.32 Å². The normalized spacial score (nSPS) is 12.9. The molecule has 1 N–H and O–H groups in total. The predicted octanol–water partition coefficient (Wildman–Crippen LogP) is 4.19. The molecule has 1 nitrogen and oxygen atoms in total. The zero-order chi connectivity index (χ0) is 10.6. The summed E-state index contributed by atoms with van der Waals surface area (Å²) in [4.78, 5) is 0. The SMILES string of the molecule is CCC(Nc1ccc(Cl)cc1)C(C)C. The highest BCUT2D eigenvalue weighted by atomic mass is 35.5. The van der Waals surface area contributed by atoms with Gasteiger partial charge in [-0.2, -0.15) is 0 Å². The first kappa shape index (κ1) is 11.4. The lowest BCUT2D eigenvalue weighted by Gasteiger charge is -2.21. The molecular weight excluding hydrogens is 194 g/mol. The van der Waals surface area contributed by atoms with Crippen LogP contribution in [0.2, 0.25) is 5.02 Å². The van der Waals surface area contributed by atoms with Gasteiger partial charge >= 0.3 is 0 Å². The van der Waals surface area contributed by atoms with E-state index in [-0.39, 0.29) is 0 Å². The Morgan fingerprint density at radius 1 is 1.21 bits per heavy atom. The van der Waals surface area contributed by atoms with Crippen LogP contribution in [-0.4, -0.2) is 6.04 Å². The minimum Gasteiger partial charge on any atom is -0.382 e. The van der Waals surface area contributed by atoms with E-state index in [4.69, 9.17) is 11.6 Å². The van der Waals surface area contributed by atoms with Crippen LogP contribution in [0.1, 0.15) is 27.2 Å².